The van der Waals surface area contributed by atoms with Gasteiger partial charge in [-0.05, 0) is 18.9 Å². The second kappa shape index (κ2) is 9.43. The molecule has 0 saturated heterocycles. The van der Waals surface area contributed by atoms with Crippen molar-refractivity contribution in [3.05, 3.63) is 53.7 Å². The molecule has 2 aromatic rings. The molecule has 134 valence electrons. The lowest BCUT2D eigenvalue weighted by Crippen LogP contribution is -2.30. The highest BCUT2D eigenvalue weighted by atomic mass is 16.5. The van der Waals surface area contributed by atoms with Gasteiger partial charge in [-0.25, -0.2) is 9.78 Å². The number of nitrogens with two attached hydrogens (primary N) is 1. The minimum Gasteiger partial charge on any atom is -0.446 e. The summed E-state index contributed by atoms with van der Waals surface area (Å²) in [6, 6.07) is 9.05. The number of amides is 2. The summed E-state index contributed by atoms with van der Waals surface area (Å²) in [5.41, 5.74) is 6.72. The van der Waals surface area contributed by atoms with Gasteiger partial charge < -0.3 is 25.5 Å². The van der Waals surface area contributed by atoms with Crippen LogP contribution < -0.4 is 16.4 Å². The standard InChI is InChI=1S/C17H22N4O4/c1-12(18)16-21-14(11-24-16)15(22)19-8-5-9-20-17(23)25-10-13-6-3-2-4-7-13/h2-4,6-7,11-12H,5,8-10,18H2,1H3,(H,19,22)(H,20,23). The number of nitrogens with zero attached hydrogens (tertiary/aromatic N) is 1. The van der Waals surface area contributed by atoms with Gasteiger partial charge in [0.1, 0.15) is 12.9 Å². The van der Waals surface area contributed by atoms with Crippen LogP contribution in [-0.2, 0) is 11.3 Å². The molecule has 1 unspecified atom stereocenters. The summed E-state index contributed by atoms with van der Waals surface area (Å²) < 4.78 is 10.2. The topological polar surface area (TPSA) is 119 Å². The molecule has 8 nitrogen and oxygen atoms in total. The Morgan fingerprint density at radius 1 is 1.24 bits per heavy atom. The Bertz CT molecular complexity index is 685. The average molecular weight is 346 g/mol. The molecule has 0 aliphatic carbocycles. The van der Waals surface area contributed by atoms with Crippen LogP contribution in [0.3, 0.4) is 0 Å². The zero-order chi connectivity index (χ0) is 18.1. The van der Waals surface area contributed by atoms with E-state index in [0.29, 0.717) is 25.4 Å². The van der Waals surface area contributed by atoms with Gasteiger partial charge in [0.15, 0.2) is 5.69 Å². The molecule has 1 atom stereocenters. The van der Waals surface area contributed by atoms with Crippen molar-refractivity contribution in [1.29, 1.82) is 0 Å². The normalized spacial score (nSPS) is 11.6. The smallest absolute Gasteiger partial charge is 0.407 e. The Hall–Kier alpha value is -2.87. The molecule has 2 rings (SSSR count). The summed E-state index contributed by atoms with van der Waals surface area (Å²) in [7, 11) is 0. The predicted molar refractivity (Wildman–Crippen MR) is 90.7 cm³/mol. The van der Waals surface area contributed by atoms with Crippen molar-refractivity contribution < 1.29 is 18.7 Å². The van der Waals surface area contributed by atoms with Crippen molar-refractivity contribution in [3.8, 4) is 0 Å². The lowest BCUT2D eigenvalue weighted by molar-refractivity contribution is 0.0948. The first-order valence-electron chi connectivity index (χ1n) is 8.00. The number of rotatable bonds is 8. The van der Waals surface area contributed by atoms with Crippen molar-refractivity contribution in [3.63, 3.8) is 0 Å². The predicted octanol–water partition coefficient (Wildman–Crippen LogP) is 1.74. The number of alkyl carbamates (subject to hydrolysis) is 1. The Morgan fingerprint density at radius 2 is 1.96 bits per heavy atom. The third-order valence-electron chi connectivity index (χ3n) is 3.27. The van der Waals surface area contributed by atoms with E-state index in [9.17, 15) is 9.59 Å². The fourth-order valence-electron chi connectivity index (χ4n) is 1.95. The van der Waals surface area contributed by atoms with Gasteiger partial charge in [0.2, 0.25) is 5.89 Å². The third kappa shape index (κ3) is 6.27. The number of ether oxygens (including phenoxy) is 1. The van der Waals surface area contributed by atoms with Crippen LogP contribution in [0.4, 0.5) is 4.79 Å². The molecule has 0 fully saturated rings. The summed E-state index contributed by atoms with van der Waals surface area (Å²) in [5.74, 6) is -0.0321. The zero-order valence-electron chi connectivity index (χ0n) is 14.0. The molecule has 1 heterocycles. The number of benzene rings is 1. The third-order valence-corrected chi connectivity index (χ3v) is 3.27. The van der Waals surface area contributed by atoms with Gasteiger partial charge in [-0.3, -0.25) is 4.79 Å². The molecule has 4 N–H and O–H groups in total. The van der Waals surface area contributed by atoms with E-state index in [1.165, 1.54) is 6.26 Å². The highest BCUT2D eigenvalue weighted by molar-refractivity contribution is 5.91. The zero-order valence-corrected chi connectivity index (χ0v) is 14.0. The van der Waals surface area contributed by atoms with Crippen LogP contribution in [0.2, 0.25) is 0 Å². The van der Waals surface area contributed by atoms with Crippen LogP contribution in [0.1, 0.15) is 41.3 Å². The van der Waals surface area contributed by atoms with Gasteiger partial charge in [0.25, 0.3) is 5.91 Å². The number of aromatic nitrogens is 1. The number of nitrogens with one attached hydrogen (secondary N) is 2. The second-order valence-electron chi connectivity index (χ2n) is 5.46. The summed E-state index contributed by atoms with van der Waals surface area (Å²) in [6.07, 6.45) is 1.34. The average Bonchev–Trinajstić information content (AvgIpc) is 3.11. The number of carbonyl (C=O) groups excluding carboxylic acids is 2. The van der Waals surface area contributed by atoms with Gasteiger partial charge in [0, 0.05) is 13.1 Å². The van der Waals surface area contributed by atoms with E-state index in [2.05, 4.69) is 15.6 Å². The van der Waals surface area contributed by atoms with Crippen LogP contribution >= 0.6 is 0 Å². The van der Waals surface area contributed by atoms with Crippen LogP contribution in [-0.4, -0.2) is 30.1 Å². The van der Waals surface area contributed by atoms with E-state index < -0.39 is 6.09 Å². The summed E-state index contributed by atoms with van der Waals surface area (Å²) in [4.78, 5) is 27.4. The summed E-state index contributed by atoms with van der Waals surface area (Å²) in [5, 5.41) is 5.31. The summed E-state index contributed by atoms with van der Waals surface area (Å²) in [6.45, 7) is 2.71. The first kappa shape index (κ1) is 18.5. The highest BCUT2D eigenvalue weighted by Crippen LogP contribution is 2.08. The fourth-order valence-corrected chi connectivity index (χ4v) is 1.95. The maximum Gasteiger partial charge on any atom is 0.407 e. The minimum absolute atomic E-state index is 0.183. The number of oxazole rings is 1. The molecule has 0 aliphatic heterocycles. The first-order chi connectivity index (χ1) is 12.1. The van der Waals surface area contributed by atoms with Crippen molar-refractivity contribution in [2.75, 3.05) is 13.1 Å². The number of carbonyl (C=O) groups is 2. The molecule has 1 aromatic carbocycles. The lowest BCUT2D eigenvalue weighted by atomic mass is 10.2. The molecule has 0 saturated carbocycles. The van der Waals surface area contributed by atoms with E-state index in [1.54, 1.807) is 6.92 Å². The Labute approximate surface area is 145 Å². The molecular formula is C17H22N4O4. The van der Waals surface area contributed by atoms with Crippen molar-refractivity contribution >= 4 is 12.0 Å². The first-order valence-corrected chi connectivity index (χ1v) is 8.00. The van der Waals surface area contributed by atoms with E-state index >= 15 is 0 Å². The monoisotopic (exact) mass is 346 g/mol. The van der Waals surface area contributed by atoms with Crippen molar-refractivity contribution in [2.45, 2.75) is 26.0 Å². The van der Waals surface area contributed by atoms with Crippen LogP contribution in [0, 0.1) is 0 Å². The van der Waals surface area contributed by atoms with Crippen LogP contribution in [0.5, 0.6) is 0 Å². The van der Waals surface area contributed by atoms with E-state index in [4.69, 9.17) is 14.9 Å². The quantitative estimate of drug-likeness (QED) is 0.626. The summed E-state index contributed by atoms with van der Waals surface area (Å²) >= 11 is 0. The van der Waals surface area contributed by atoms with E-state index in [1.807, 2.05) is 30.3 Å². The van der Waals surface area contributed by atoms with Gasteiger partial charge in [0.05, 0.1) is 6.04 Å². The SMILES string of the molecule is CC(N)c1nc(C(=O)NCCCNC(=O)OCc2ccccc2)co1. The second-order valence-corrected chi connectivity index (χ2v) is 5.46. The maximum absolute atomic E-state index is 11.9. The molecule has 0 aliphatic rings. The van der Waals surface area contributed by atoms with Gasteiger partial charge >= 0.3 is 6.09 Å². The molecular weight excluding hydrogens is 324 g/mol. The van der Waals surface area contributed by atoms with Gasteiger partial charge in [-0.15, -0.1) is 0 Å². The molecule has 8 heteroatoms. The number of hydrogen-bond donors (Lipinski definition) is 3. The van der Waals surface area contributed by atoms with Crippen LogP contribution in [0.15, 0.2) is 41.0 Å². The molecule has 0 spiro atoms. The highest BCUT2D eigenvalue weighted by Gasteiger charge is 2.13. The lowest BCUT2D eigenvalue weighted by Gasteiger charge is -2.07. The largest absolute Gasteiger partial charge is 0.446 e. The Balaban J connectivity index is 1.57. The van der Waals surface area contributed by atoms with Crippen LogP contribution in [0.25, 0.3) is 0 Å². The van der Waals surface area contributed by atoms with Gasteiger partial charge in [-0.2, -0.15) is 0 Å². The molecule has 0 radical (unpaired) electrons. The number of hydrogen-bond acceptors (Lipinski definition) is 6. The fraction of sp³-hybridized carbons (Fsp3) is 0.353. The van der Waals surface area contributed by atoms with E-state index in [-0.39, 0.29) is 24.2 Å². The van der Waals surface area contributed by atoms with E-state index in [0.717, 1.165) is 5.56 Å². The molecule has 0 bridgehead atoms. The van der Waals surface area contributed by atoms with Gasteiger partial charge in [-0.1, -0.05) is 30.3 Å². The van der Waals surface area contributed by atoms with Crippen molar-refractivity contribution in [2.24, 2.45) is 5.73 Å². The van der Waals surface area contributed by atoms with Crippen molar-refractivity contribution in [1.82, 2.24) is 15.6 Å². The Kier molecular flexibility index (Phi) is 6.97. The molecule has 25 heavy (non-hydrogen) atoms. The maximum atomic E-state index is 11.9. The Morgan fingerprint density at radius 3 is 2.64 bits per heavy atom. The molecule has 1 aromatic heterocycles. The minimum atomic E-state index is -0.492. The molecule has 2 amide bonds.